The van der Waals surface area contributed by atoms with Crippen molar-refractivity contribution in [2.45, 2.75) is 82.4 Å². The molecule has 1 amide bonds. The van der Waals surface area contributed by atoms with Crippen molar-refractivity contribution in [3.05, 3.63) is 23.4 Å². The summed E-state index contributed by atoms with van der Waals surface area (Å²) >= 11 is 0. The molecule has 3 heterocycles. The smallest absolute Gasteiger partial charge is 0.408 e. The van der Waals surface area contributed by atoms with E-state index in [1.807, 2.05) is 0 Å². The quantitative estimate of drug-likeness (QED) is 0.396. The maximum atomic E-state index is 12.2. The van der Waals surface area contributed by atoms with E-state index in [0.29, 0.717) is 45.1 Å². The molecular weight excluding hydrogens is 436 g/mol. The number of fused-ring (bicyclic) bond motifs is 1. The molecule has 1 aromatic rings. The second-order valence-corrected chi connectivity index (χ2v) is 9.61. The third-order valence-electron chi connectivity index (χ3n) is 6.88. The van der Waals surface area contributed by atoms with Gasteiger partial charge in [-0.05, 0) is 69.5 Å². The lowest BCUT2D eigenvalue weighted by atomic mass is 10.1. The Balaban J connectivity index is 1.18. The highest BCUT2D eigenvalue weighted by molar-refractivity contribution is 5.79. The maximum Gasteiger partial charge on any atom is 0.408 e. The summed E-state index contributed by atoms with van der Waals surface area (Å²) in [5.41, 5.74) is 2.44. The normalized spacial score (nSPS) is 19.2. The molecule has 1 atom stereocenters. The standard InChI is InChI=1S/C25H38N4O5/c30-24(31)22(28-25(32)34-21-11-16-33-17-12-21)10-15-29(20-8-9-20)14-2-1-5-19-7-6-18-4-3-13-26-23(18)27-19/h6-7,20-22H,1-5,8-17H2,(H,26,27)(H,28,32)(H,30,31). The van der Waals surface area contributed by atoms with E-state index in [1.54, 1.807) is 0 Å². The van der Waals surface area contributed by atoms with E-state index in [0.717, 1.165) is 63.1 Å². The Labute approximate surface area is 201 Å². The first-order valence-electron chi connectivity index (χ1n) is 12.8. The fourth-order valence-electron chi connectivity index (χ4n) is 4.72. The fourth-order valence-corrected chi connectivity index (χ4v) is 4.72. The van der Waals surface area contributed by atoms with Crippen LogP contribution in [0, 0.1) is 0 Å². The lowest BCUT2D eigenvalue weighted by Gasteiger charge is -2.25. The Hall–Kier alpha value is -2.39. The molecule has 9 heteroatoms. The molecule has 2 aliphatic heterocycles. The van der Waals surface area contributed by atoms with Gasteiger partial charge < -0.3 is 30.1 Å². The summed E-state index contributed by atoms with van der Waals surface area (Å²) in [6.45, 7) is 3.72. The number of pyridine rings is 1. The Bertz CT molecular complexity index is 826. The minimum Gasteiger partial charge on any atom is -0.480 e. The number of rotatable bonds is 12. The van der Waals surface area contributed by atoms with Crippen molar-refractivity contribution in [1.82, 2.24) is 15.2 Å². The van der Waals surface area contributed by atoms with Gasteiger partial charge in [-0.2, -0.15) is 0 Å². The number of amides is 1. The molecule has 0 radical (unpaired) electrons. The first-order chi connectivity index (χ1) is 16.6. The van der Waals surface area contributed by atoms with Crippen LogP contribution in [0.25, 0.3) is 0 Å². The van der Waals surface area contributed by atoms with Crippen molar-refractivity contribution in [3.8, 4) is 0 Å². The number of hydrogen-bond acceptors (Lipinski definition) is 7. The molecule has 1 saturated heterocycles. The maximum absolute atomic E-state index is 12.2. The summed E-state index contributed by atoms with van der Waals surface area (Å²) in [6.07, 6.45) is 8.45. The molecule has 34 heavy (non-hydrogen) atoms. The summed E-state index contributed by atoms with van der Waals surface area (Å²) in [6, 6.07) is 3.94. The zero-order valence-electron chi connectivity index (χ0n) is 20.0. The van der Waals surface area contributed by atoms with Crippen molar-refractivity contribution in [2.75, 3.05) is 38.2 Å². The number of aryl methyl sites for hydroxylation is 2. The van der Waals surface area contributed by atoms with Crippen molar-refractivity contribution in [3.63, 3.8) is 0 Å². The third kappa shape index (κ3) is 7.56. The van der Waals surface area contributed by atoms with Gasteiger partial charge >= 0.3 is 12.1 Å². The molecule has 3 aliphatic rings. The van der Waals surface area contributed by atoms with E-state index in [4.69, 9.17) is 14.5 Å². The Morgan fingerprint density at radius 2 is 2.03 bits per heavy atom. The third-order valence-corrected chi connectivity index (χ3v) is 6.88. The van der Waals surface area contributed by atoms with Crippen LogP contribution in [0.3, 0.4) is 0 Å². The predicted octanol–water partition coefficient (Wildman–Crippen LogP) is 2.98. The molecule has 0 aromatic carbocycles. The predicted molar refractivity (Wildman–Crippen MR) is 128 cm³/mol. The Morgan fingerprint density at radius 1 is 1.21 bits per heavy atom. The van der Waals surface area contributed by atoms with Crippen LogP contribution in [-0.4, -0.2) is 78.1 Å². The van der Waals surface area contributed by atoms with Crippen LogP contribution in [0.4, 0.5) is 10.6 Å². The summed E-state index contributed by atoms with van der Waals surface area (Å²) in [5, 5.41) is 15.5. The van der Waals surface area contributed by atoms with Crippen LogP contribution < -0.4 is 10.6 Å². The average molecular weight is 475 g/mol. The Kier molecular flexibility index (Phi) is 8.98. The Morgan fingerprint density at radius 3 is 2.79 bits per heavy atom. The number of nitrogens with one attached hydrogen (secondary N) is 2. The molecule has 188 valence electrons. The monoisotopic (exact) mass is 474 g/mol. The highest BCUT2D eigenvalue weighted by Crippen LogP contribution is 2.27. The SMILES string of the molecule is O=C(NC(CCN(CCCCc1ccc2c(n1)NCCC2)C1CC1)C(=O)O)OC1CCOCC1. The van der Waals surface area contributed by atoms with Gasteiger partial charge in [-0.3, -0.25) is 0 Å². The number of carbonyl (C=O) groups excluding carboxylic acids is 1. The summed E-state index contributed by atoms with van der Waals surface area (Å²) in [7, 11) is 0. The number of nitrogens with zero attached hydrogens (tertiary/aromatic N) is 2. The number of ether oxygens (including phenoxy) is 2. The first-order valence-corrected chi connectivity index (χ1v) is 12.8. The molecule has 0 bridgehead atoms. The van der Waals surface area contributed by atoms with E-state index in [-0.39, 0.29) is 6.10 Å². The van der Waals surface area contributed by atoms with Gasteiger partial charge in [0.05, 0.1) is 13.2 Å². The molecule has 1 saturated carbocycles. The van der Waals surface area contributed by atoms with Gasteiger partial charge in [0, 0.05) is 37.7 Å². The van der Waals surface area contributed by atoms with Crippen molar-refractivity contribution in [2.24, 2.45) is 0 Å². The van der Waals surface area contributed by atoms with Gasteiger partial charge in [-0.15, -0.1) is 0 Å². The lowest BCUT2D eigenvalue weighted by Crippen LogP contribution is -2.45. The number of aromatic nitrogens is 1. The highest BCUT2D eigenvalue weighted by atomic mass is 16.6. The number of carbonyl (C=O) groups is 2. The molecule has 1 aliphatic carbocycles. The highest BCUT2D eigenvalue weighted by Gasteiger charge is 2.30. The van der Waals surface area contributed by atoms with Crippen LogP contribution in [-0.2, 0) is 27.1 Å². The van der Waals surface area contributed by atoms with E-state index < -0.39 is 18.1 Å². The van der Waals surface area contributed by atoms with Crippen molar-refractivity contribution >= 4 is 17.9 Å². The number of unbranched alkanes of at least 4 members (excludes halogenated alkanes) is 1. The fraction of sp³-hybridized carbons (Fsp3) is 0.720. The number of carboxylic acids is 1. The van der Waals surface area contributed by atoms with Gasteiger partial charge in [-0.25, -0.2) is 14.6 Å². The van der Waals surface area contributed by atoms with Gasteiger partial charge in [0.25, 0.3) is 0 Å². The van der Waals surface area contributed by atoms with E-state index in [1.165, 1.54) is 12.0 Å². The summed E-state index contributed by atoms with van der Waals surface area (Å²) < 4.78 is 10.6. The summed E-state index contributed by atoms with van der Waals surface area (Å²) in [4.78, 5) is 31.1. The van der Waals surface area contributed by atoms with Gasteiger partial charge in [0.1, 0.15) is 18.0 Å². The van der Waals surface area contributed by atoms with Gasteiger partial charge in [-0.1, -0.05) is 6.07 Å². The second kappa shape index (κ2) is 12.4. The minimum atomic E-state index is -1.02. The molecule has 1 unspecified atom stereocenters. The second-order valence-electron chi connectivity index (χ2n) is 9.61. The van der Waals surface area contributed by atoms with E-state index in [2.05, 4.69) is 27.7 Å². The molecule has 9 nitrogen and oxygen atoms in total. The lowest BCUT2D eigenvalue weighted by molar-refractivity contribution is -0.139. The zero-order chi connectivity index (χ0) is 23.8. The van der Waals surface area contributed by atoms with Crippen LogP contribution in [0.5, 0.6) is 0 Å². The van der Waals surface area contributed by atoms with E-state index >= 15 is 0 Å². The molecule has 1 aromatic heterocycles. The average Bonchev–Trinajstić information content (AvgIpc) is 3.68. The molecule has 2 fully saturated rings. The van der Waals surface area contributed by atoms with Crippen molar-refractivity contribution in [1.29, 1.82) is 0 Å². The largest absolute Gasteiger partial charge is 0.480 e. The molecule has 4 rings (SSSR count). The summed E-state index contributed by atoms with van der Waals surface area (Å²) in [5.74, 6) is 0.0256. The molecular formula is C25H38N4O5. The van der Waals surface area contributed by atoms with Crippen LogP contribution in [0.15, 0.2) is 12.1 Å². The van der Waals surface area contributed by atoms with Gasteiger partial charge in [0.2, 0.25) is 0 Å². The molecule has 0 spiro atoms. The van der Waals surface area contributed by atoms with Crippen molar-refractivity contribution < 1.29 is 24.2 Å². The number of anilines is 1. The van der Waals surface area contributed by atoms with Crippen LogP contribution in [0.1, 0.15) is 62.6 Å². The number of aliphatic carboxylic acids is 1. The van der Waals surface area contributed by atoms with E-state index in [9.17, 15) is 14.7 Å². The molecule has 3 N–H and O–H groups in total. The number of hydrogen-bond donors (Lipinski definition) is 3. The van der Waals surface area contributed by atoms with Crippen LogP contribution in [0.2, 0.25) is 0 Å². The van der Waals surface area contributed by atoms with Crippen LogP contribution >= 0.6 is 0 Å². The first kappa shape index (κ1) is 24.7. The number of alkyl carbamates (subject to hydrolysis) is 1. The minimum absolute atomic E-state index is 0.202. The number of carboxylic acid groups (broad SMARTS) is 1. The topological polar surface area (TPSA) is 113 Å². The van der Waals surface area contributed by atoms with Gasteiger partial charge in [0.15, 0.2) is 0 Å². The zero-order valence-corrected chi connectivity index (χ0v) is 20.0.